The molecule has 0 saturated carbocycles. The van der Waals surface area contributed by atoms with Crippen molar-refractivity contribution in [2.45, 2.75) is 31.9 Å². The second-order valence-corrected chi connectivity index (χ2v) is 6.44. The number of piperidine rings is 1. The summed E-state index contributed by atoms with van der Waals surface area (Å²) in [6, 6.07) is 6.67. The summed E-state index contributed by atoms with van der Waals surface area (Å²) in [5, 5.41) is 9.93. The Labute approximate surface area is 124 Å². The summed E-state index contributed by atoms with van der Waals surface area (Å²) in [4.78, 5) is 4.71. The Bertz CT molecular complexity index is 428. The summed E-state index contributed by atoms with van der Waals surface area (Å²) in [7, 11) is 4.32. The Morgan fingerprint density at radius 1 is 1.37 bits per heavy atom. The van der Waals surface area contributed by atoms with Gasteiger partial charge in [-0.1, -0.05) is 22.0 Å². The van der Waals surface area contributed by atoms with Crippen molar-refractivity contribution in [3.8, 4) is 0 Å². The summed E-state index contributed by atoms with van der Waals surface area (Å²) in [6.45, 7) is 4.12. The second kappa shape index (κ2) is 6.25. The van der Waals surface area contributed by atoms with Gasteiger partial charge in [0.1, 0.15) is 0 Å². The smallest absolute Gasteiger partial charge is 0.0782 e. The van der Waals surface area contributed by atoms with Crippen LogP contribution in [0.1, 0.15) is 31.4 Å². The molecule has 0 aliphatic carbocycles. The molecule has 1 unspecified atom stereocenters. The highest BCUT2D eigenvalue weighted by Gasteiger charge is 2.23. The molecule has 1 aliphatic heterocycles. The Balaban J connectivity index is 2.22. The molecule has 0 bridgehead atoms. The fourth-order valence-electron chi connectivity index (χ4n) is 2.75. The van der Waals surface area contributed by atoms with E-state index < -0.39 is 6.10 Å². The number of hydrogen-bond donors (Lipinski definition) is 1. The molecule has 1 fully saturated rings. The molecule has 1 aromatic rings. The third kappa shape index (κ3) is 3.50. The van der Waals surface area contributed by atoms with Gasteiger partial charge in [0, 0.05) is 28.8 Å². The lowest BCUT2D eigenvalue weighted by Gasteiger charge is -2.37. The highest BCUT2D eigenvalue weighted by molar-refractivity contribution is 9.10. The average Bonchev–Trinajstić information content (AvgIpc) is 2.38. The minimum absolute atomic E-state index is 0.434. The number of halogens is 1. The molecule has 2 rings (SSSR count). The molecule has 19 heavy (non-hydrogen) atoms. The van der Waals surface area contributed by atoms with Gasteiger partial charge in [-0.15, -0.1) is 0 Å². The first-order chi connectivity index (χ1) is 8.99. The van der Waals surface area contributed by atoms with Crippen molar-refractivity contribution in [1.82, 2.24) is 4.90 Å². The maximum atomic E-state index is 9.93. The quantitative estimate of drug-likeness (QED) is 0.924. The van der Waals surface area contributed by atoms with Crippen LogP contribution in [-0.2, 0) is 0 Å². The molecule has 106 valence electrons. The van der Waals surface area contributed by atoms with Crippen molar-refractivity contribution in [2.75, 3.05) is 32.1 Å². The van der Waals surface area contributed by atoms with Crippen molar-refractivity contribution in [3.05, 3.63) is 28.2 Å². The standard InChI is InChI=1S/C15H23BrN2O/c1-11(19)14-5-4-12(16)10-15(14)18(3)13-6-8-17(2)9-7-13/h4-5,10-11,13,19H,6-9H2,1-3H3. The van der Waals surface area contributed by atoms with Gasteiger partial charge in [0.05, 0.1) is 6.10 Å². The topological polar surface area (TPSA) is 26.7 Å². The van der Waals surface area contributed by atoms with E-state index in [9.17, 15) is 5.11 Å². The minimum atomic E-state index is -0.434. The van der Waals surface area contributed by atoms with E-state index in [1.807, 2.05) is 19.1 Å². The van der Waals surface area contributed by atoms with Crippen LogP contribution in [0.5, 0.6) is 0 Å². The van der Waals surface area contributed by atoms with E-state index in [0.29, 0.717) is 6.04 Å². The lowest BCUT2D eigenvalue weighted by molar-refractivity contribution is 0.199. The van der Waals surface area contributed by atoms with Gasteiger partial charge >= 0.3 is 0 Å². The van der Waals surface area contributed by atoms with Gasteiger partial charge in [-0.3, -0.25) is 0 Å². The predicted molar refractivity (Wildman–Crippen MR) is 83.7 cm³/mol. The van der Waals surface area contributed by atoms with E-state index in [1.165, 1.54) is 12.8 Å². The summed E-state index contributed by atoms with van der Waals surface area (Å²) in [5.41, 5.74) is 2.14. The average molecular weight is 327 g/mol. The third-order valence-corrected chi connectivity index (χ3v) is 4.55. The van der Waals surface area contributed by atoms with Crippen LogP contribution in [0, 0.1) is 0 Å². The molecule has 4 heteroatoms. The van der Waals surface area contributed by atoms with Gasteiger partial charge in [0.25, 0.3) is 0 Å². The van der Waals surface area contributed by atoms with Crippen LogP contribution in [0.2, 0.25) is 0 Å². The number of aliphatic hydroxyl groups excluding tert-OH is 1. The maximum absolute atomic E-state index is 9.93. The number of likely N-dealkylation sites (tertiary alicyclic amines) is 1. The van der Waals surface area contributed by atoms with Crippen LogP contribution in [0.4, 0.5) is 5.69 Å². The molecule has 1 aromatic carbocycles. The second-order valence-electron chi connectivity index (χ2n) is 5.52. The molecule has 3 nitrogen and oxygen atoms in total. The van der Waals surface area contributed by atoms with Crippen LogP contribution in [-0.4, -0.2) is 43.2 Å². The largest absolute Gasteiger partial charge is 0.389 e. The fraction of sp³-hybridized carbons (Fsp3) is 0.600. The van der Waals surface area contributed by atoms with Gasteiger partial charge in [-0.05, 0) is 52.0 Å². The minimum Gasteiger partial charge on any atom is -0.389 e. The molecule has 1 saturated heterocycles. The zero-order valence-electron chi connectivity index (χ0n) is 11.9. The van der Waals surface area contributed by atoms with Crippen molar-refractivity contribution in [1.29, 1.82) is 0 Å². The first-order valence-electron chi connectivity index (χ1n) is 6.88. The summed E-state index contributed by atoms with van der Waals surface area (Å²) < 4.78 is 1.06. The summed E-state index contributed by atoms with van der Waals surface area (Å²) in [6.07, 6.45) is 1.93. The van der Waals surface area contributed by atoms with Crippen molar-refractivity contribution >= 4 is 21.6 Å². The lowest BCUT2D eigenvalue weighted by Crippen LogP contribution is -2.42. The van der Waals surface area contributed by atoms with E-state index in [4.69, 9.17) is 0 Å². The molecule has 0 radical (unpaired) electrons. The summed E-state index contributed by atoms with van der Waals surface area (Å²) >= 11 is 3.53. The maximum Gasteiger partial charge on any atom is 0.0782 e. The monoisotopic (exact) mass is 326 g/mol. The van der Waals surface area contributed by atoms with Gasteiger partial charge in [-0.25, -0.2) is 0 Å². The van der Waals surface area contributed by atoms with Crippen molar-refractivity contribution in [2.24, 2.45) is 0 Å². The molecule has 1 heterocycles. The van der Waals surface area contributed by atoms with E-state index in [-0.39, 0.29) is 0 Å². The lowest BCUT2D eigenvalue weighted by atomic mass is 10.0. The molecule has 1 N–H and O–H groups in total. The van der Waals surface area contributed by atoms with Crippen LogP contribution in [0.3, 0.4) is 0 Å². The first-order valence-corrected chi connectivity index (χ1v) is 7.67. The number of nitrogens with zero attached hydrogens (tertiary/aromatic N) is 2. The van der Waals surface area contributed by atoms with E-state index in [1.54, 1.807) is 0 Å². The van der Waals surface area contributed by atoms with Crippen LogP contribution in [0.25, 0.3) is 0 Å². The number of rotatable bonds is 3. The Hall–Kier alpha value is -0.580. The first kappa shape index (κ1) is 14.8. The molecular formula is C15H23BrN2O. The fourth-order valence-corrected chi connectivity index (χ4v) is 3.10. The Morgan fingerprint density at radius 3 is 2.58 bits per heavy atom. The van der Waals surface area contributed by atoms with Crippen molar-refractivity contribution < 1.29 is 5.11 Å². The Kier molecular flexibility index (Phi) is 4.87. The number of hydrogen-bond acceptors (Lipinski definition) is 3. The Morgan fingerprint density at radius 2 is 2.00 bits per heavy atom. The highest BCUT2D eigenvalue weighted by Crippen LogP contribution is 2.31. The van der Waals surface area contributed by atoms with Gasteiger partial charge in [0.15, 0.2) is 0 Å². The van der Waals surface area contributed by atoms with Gasteiger partial charge < -0.3 is 14.9 Å². The zero-order valence-corrected chi connectivity index (χ0v) is 13.5. The van der Waals surface area contributed by atoms with E-state index in [2.05, 4.69) is 45.9 Å². The zero-order chi connectivity index (χ0) is 14.0. The SMILES string of the molecule is CC(O)c1ccc(Br)cc1N(C)C1CCN(C)CC1. The number of aliphatic hydroxyl groups is 1. The normalized spacial score (nSPS) is 19.4. The van der Waals surface area contributed by atoms with E-state index in [0.717, 1.165) is 28.8 Å². The van der Waals surface area contributed by atoms with Crippen LogP contribution in [0.15, 0.2) is 22.7 Å². The molecule has 0 spiro atoms. The number of benzene rings is 1. The number of anilines is 1. The molecule has 0 amide bonds. The molecular weight excluding hydrogens is 304 g/mol. The van der Waals surface area contributed by atoms with Crippen LogP contribution >= 0.6 is 15.9 Å². The van der Waals surface area contributed by atoms with E-state index >= 15 is 0 Å². The van der Waals surface area contributed by atoms with Crippen molar-refractivity contribution in [3.63, 3.8) is 0 Å². The van der Waals surface area contributed by atoms with Gasteiger partial charge in [0.2, 0.25) is 0 Å². The molecule has 1 atom stereocenters. The van der Waals surface area contributed by atoms with Gasteiger partial charge in [-0.2, -0.15) is 0 Å². The predicted octanol–water partition coefficient (Wildman–Crippen LogP) is 3.03. The summed E-state index contributed by atoms with van der Waals surface area (Å²) in [5.74, 6) is 0. The highest BCUT2D eigenvalue weighted by atomic mass is 79.9. The third-order valence-electron chi connectivity index (χ3n) is 4.06. The van der Waals surface area contributed by atoms with Crippen LogP contribution < -0.4 is 4.90 Å². The molecule has 1 aliphatic rings. The molecule has 0 aromatic heterocycles.